The highest BCUT2D eigenvalue weighted by molar-refractivity contribution is 7.89. The molecule has 0 aliphatic carbocycles. The largest absolute Gasteiger partial charge is 0.494 e. The van der Waals surface area contributed by atoms with Crippen LogP contribution in [-0.2, 0) is 14.8 Å². The van der Waals surface area contributed by atoms with Crippen LogP contribution in [0.5, 0.6) is 5.75 Å². The summed E-state index contributed by atoms with van der Waals surface area (Å²) in [5, 5.41) is 7.94. The third-order valence-electron chi connectivity index (χ3n) is 5.07. The minimum atomic E-state index is -3.99. The van der Waals surface area contributed by atoms with Gasteiger partial charge < -0.3 is 10.1 Å². The maximum Gasteiger partial charge on any atom is 0.259 e. The molecule has 1 atom stereocenters. The van der Waals surface area contributed by atoms with Crippen LogP contribution in [0.1, 0.15) is 28.9 Å². The highest BCUT2D eigenvalue weighted by Gasteiger charge is 2.38. The first-order valence-electron chi connectivity index (χ1n) is 9.88. The Balaban J connectivity index is 1.84. The molecule has 0 aromatic heterocycles. The number of rotatable bonds is 5. The second kappa shape index (κ2) is 8.45. The Kier molecular flexibility index (Phi) is 5.68. The Morgan fingerprint density at radius 2 is 1.75 bits per heavy atom. The molecule has 1 aliphatic heterocycles. The molecule has 3 N–H and O–H groups in total. The lowest BCUT2D eigenvalue weighted by Gasteiger charge is -2.37. The number of primary sulfonamides is 1. The summed E-state index contributed by atoms with van der Waals surface area (Å²) in [5.41, 5.74) is 1.52. The molecule has 164 valence electrons. The Hall–Kier alpha value is -3.69. The Bertz CT molecular complexity index is 1270. The molecule has 0 saturated heterocycles. The number of nitrogens with one attached hydrogen (secondary N) is 1. The summed E-state index contributed by atoms with van der Waals surface area (Å²) in [5.74, 6) is -0.255. The molecule has 3 aromatic rings. The van der Waals surface area contributed by atoms with Crippen LogP contribution in [0.4, 0.5) is 11.4 Å². The van der Waals surface area contributed by atoms with Crippen molar-refractivity contribution in [3.05, 3.63) is 83.9 Å². The van der Waals surface area contributed by atoms with Gasteiger partial charge in [0.1, 0.15) is 11.8 Å². The topological polar surface area (TPSA) is 119 Å². The minimum absolute atomic E-state index is 0.164. The number of ether oxygens (including phenoxy) is 1. The molecular weight excluding hydrogens is 430 g/mol. The van der Waals surface area contributed by atoms with Gasteiger partial charge in [-0.05, 0) is 55.0 Å². The van der Waals surface area contributed by atoms with E-state index in [0.29, 0.717) is 29.2 Å². The number of carbonyl (C=O) groups is 2. The second-order valence-corrected chi connectivity index (χ2v) is 8.72. The van der Waals surface area contributed by atoms with E-state index < -0.39 is 27.9 Å². The van der Waals surface area contributed by atoms with Crippen molar-refractivity contribution in [1.29, 1.82) is 0 Å². The van der Waals surface area contributed by atoms with E-state index >= 15 is 0 Å². The Morgan fingerprint density at radius 1 is 1.06 bits per heavy atom. The maximum atomic E-state index is 13.6. The minimum Gasteiger partial charge on any atom is -0.494 e. The van der Waals surface area contributed by atoms with Crippen LogP contribution in [0.2, 0.25) is 0 Å². The van der Waals surface area contributed by atoms with Gasteiger partial charge in [-0.2, -0.15) is 0 Å². The van der Waals surface area contributed by atoms with E-state index in [1.54, 1.807) is 48.5 Å². The lowest BCUT2D eigenvalue weighted by molar-refractivity contribution is -0.117. The van der Waals surface area contributed by atoms with Gasteiger partial charge in [0.15, 0.2) is 0 Å². The number of anilines is 2. The van der Waals surface area contributed by atoms with Gasteiger partial charge in [0.2, 0.25) is 10.0 Å². The second-order valence-electron chi connectivity index (χ2n) is 7.16. The zero-order chi connectivity index (χ0) is 22.9. The highest BCUT2D eigenvalue weighted by Crippen LogP contribution is 2.40. The van der Waals surface area contributed by atoms with Crippen molar-refractivity contribution in [3.63, 3.8) is 0 Å². The van der Waals surface area contributed by atoms with Crippen LogP contribution in [0.3, 0.4) is 0 Å². The summed E-state index contributed by atoms with van der Waals surface area (Å²) in [4.78, 5) is 27.9. The average molecular weight is 452 g/mol. The zero-order valence-electron chi connectivity index (χ0n) is 17.2. The molecule has 2 amide bonds. The fourth-order valence-electron chi connectivity index (χ4n) is 3.62. The number of hydrogen-bond acceptors (Lipinski definition) is 5. The van der Waals surface area contributed by atoms with Gasteiger partial charge in [0.05, 0.1) is 22.9 Å². The highest BCUT2D eigenvalue weighted by atomic mass is 32.2. The predicted molar refractivity (Wildman–Crippen MR) is 120 cm³/mol. The molecule has 0 fully saturated rings. The van der Waals surface area contributed by atoms with Gasteiger partial charge in [0.25, 0.3) is 11.8 Å². The fraction of sp³-hybridized carbons (Fsp3) is 0.130. The fourth-order valence-corrected chi connectivity index (χ4v) is 4.16. The summed E-state index contributed by atoms with van der Waals surface area (Å²) in [6.45, 7) is 2.36. The molecule has 1 unspecified atom stereocenters. The van der Waals surface area contributed by atoms with Crippen LogP contribution < -0.4 is 20.1 Å². The zero-order valence-corrected chi connectivity index (χ0v) is 18.0. The number of hydrogen-bond donors (Lipinski definition) is 2. The summed E-state index contributed by atoms with van der Waals surface area (Å²) in [7, 11) is -3.99. The van der Waals surface area contributed by atoms with Crippen LogP contribution in [0, 0.1) is 0 Å². The third kappa shape index (κ3) is 4.08. The van der Waals surface area contributed by atoms with E-state index in [4.69, 9.17) is 9.88 Å². The predicted octanol–water partition coefficient (Wildman–Crippen LogP) is 3.07. The van der Waals surface area contributed by atoms with Crippen molar-refractivity contribution >= 4 is 33.2 Å². The number of nitrogens with two attached hydrogens (primary N) is 1. The van der Waals surface area contributed by atoms with E-state index in [-0.39, 0.29) is 10.6 Å². The van der Waals surface area contributed by atoms with Crippen LogP contribution in [0.15, 0.2) is 77.7 Å². The van der Waals surface area contributed by atoms with E-state index in [1.807, 2.05) is 13.0 Å². The lowest BCUT2D eigenvalue weighted by atomic mass is 9.99. The van der Waals surface area contributed by atoms with Crippen LogP contribution in [-0.4, -0.2) is 26.8 Å². The standard InChI is InChI=1S/C23H21N3O5S/c1-2-31-17-10-8-16(9-11-17)23(28)26-20-13-12-18(32(24,29)30)14-19(20)25-22(27)21(26)15-6-4-3-5-7-15/h3-14,21H,2H2,1H3,(H,25,27)(H2,24,29,30). The summed E-state index contributed by atoms with van der Waals surface area (Å²) >= 11 is 0. The lowest BCUT2D eigenvalue weighted by Crippen LogP contribution is -2.45. The van der Waals surface area contributed by atoms with E-state index in [1.165, 1.54) is 23.1 Å². The summed E-state index contributed by atoms with van der Waals surface area (Å²) in [6.07, 6.45) is 0. The number of amides is 2. The van der Waals surface area contributed by atoms with Crippen LogP contribution >= 0.6 is 0 Å². The van der Waals surface area contributed by atoms with Crippen molar-refractivity contribution < 1.29 is 22.7 Å². The molecule has 0 spiro atoms. The van der Waals surface area contributed by atoms with Gasteiger partial charge >= 0.3 is 0 Å². The van der Waals surface area contributed by atoms with E-state index in [0.717, 1.165) is 0 Å². The maximum absolute atomic E-state index is 13.6. The van der Waals surface area contributed by atoms with Gasteiger partial charge in [-0.15, -0.1) is 0 Å². The molecule has 1 heterocycles. The van der Waals surface area contributed by atoms with Gasteiger partial charge in [0, 0.05) is 5.56 Å². The molecule has 0 saturated carbocycles. The first-order valence-corrected chi connectivity index (χ1v) is 11.4. The summed E-state index contributed by atoms with van der Waals surface area (Å²) < 4.78 is 29.0. The molecule has 4 rings (SSSR count). The Morgan fingerprint density at radius 3 is 2.38 bits per heavy atom. The quantitative estimate of drug-likeness (QED) is 0.618. The van der Waals surface area contributed by atoms with Crippen molar-refractivity contribution in [3.8, 4) is 5.75 Å². The smallest absolute Gasteiger partial charge is 0.259 e. The molecule has 8 nitrogen and oxygen atoms in total. The van der Waals surface area contributed by atoms with Gasteiger partial charge in [-0.1, -0.05) is 30.3 Å². The molecule has 1 aliphatic rings. The van der Waals surface area contributed by atoms with Crippen LogP contribution in [0.25, 0.3) is 0 Å². The number of sulfonamides is 1. The summed E-state index contributed by atoms with van der Waals surface area (Å²) in [6, 6.07) is 18.6. The molecule has 3 aromatic carbocycles. The molecule has 9 heteroatoms. The number of carbonyl (C=O) groups excluding carboxylic acids is 2. The first kappa shape index (κ1) is 21.5. The average Bonchev–Trinajstić information content (AvgIpc) is 2.78. The Labute approximate surface area is 185 Å². The molecule has 32 heavy (non-hydrogen) atoms. The monoisotopic (exact) mass is 451 g/mol. The third-order valence-corrected chi connectivity index (χ3v) is 5.98. The number of fused-ring (bicyclic) bond motifs is 1. The van der Waals surface area contributed by atoms with E-state index in [2.05, 4.69) is 5.32 Å². The normalized spacial score (nSPS) is 15.6. The molecular formula is C23H21N3O5S. The number of benzene rings is 3. The van der Waals surface area contributed by atoms with Crippen molar-refractivity contribution in [2.75, 3.05) is 16.8 Å². The number of nitrogens with zero attached hydrogens (tertiary/aromatic N) is 1. The molecule has 0 bridgehead atoms. The van der Waals surface area contributed by atoms with Gasteiger partial charge in [-0.3, -0.25) is 14.5 Å². The molecule has 0 radical (unpaired) electrons. The van der Waals surface area contributed by atoms with Crippen molar-refractivity contribution in [2.45, 2.75) is 17.9 Å². The van der Waals surface area contributed by atoms with Gasteiger partial charge in [-0.25, -0.2) is 13.6 Å². The van der Waals surface area contributed by atoms with E-state index in [9.17, 15) is 18.0 Å². The van der Waals surface area contributed by atoms with Crippen molar-refractivity contribution in [2.24, 2.45) is 5.14 Å². The SMILES string of the molecule is CCOc1ccc(C(=O)N2c3ccc(S(N)(=O)=O)cc3NC(=O)C2c2ccccc2)cc1. The van der Waals surface area contributed by atoms with Crippen molar-refractivity contribution in [1.82, 2.24) is 0 Å². The first-order chi connectivity index (χ1) is 15.3.